The molecule has 0 radical (unpaired) electrons. The van der Waals surface area contributed by atoms with E-state index >= 15 is 0 Å². The van der Waals surface area contributed by atoms with Crippen molar-refractivity contribution in [1.82, 2.24) is 9.78 Å². The number of aromatic nitrogens is 2. The van der Waals surface area contributed by atoms with Crippen LogP contribution < -0.4 is 10.1 Å². The van der Waals surface area contributed by atoms with Crippen LogP contribution in [0, 0.1) is 19.7 Å². The maximum atomic E-state index is 13.4. The fraction of sp³-hybridized carbons (Fsp3) is 0.154. The van der Waals surface area contributed by atoms with Gasteiger partial charge in [0.1, 0.15) is 11.6 Å². The van der Waals surface area contributed by atoms with Crippen LogP contribution >= 0.6 is 0 Å². The number of anilines is 1. The normalized spacial score (nSPS) is 10.9. The van der Waals surface area contributed by atoms with Crippen molar-refractivity contribution in [3.63, 3.8) is 0 Å². The molecule has 32 heavy (non-hydrogen) atoms. The first-order valence-electron chi connectivity index (χ1n) is 10.4. The van der Waals surface area contributed by atoms with Crippen LogP contribution in [0.15, 0.2) is 84.9 Å². The highest BCUT2D eigenvalue weighted by molar-refractivity contribution is 5.99. The van der Waals surface area contributed by atoms with Gasteiger partial charge in [0.2, 0.25) is 5.91 Å². The predicted octanol–water partition coefficient (Wildman–Crippen LogP) is 5.45. The van der Waals surface area contributed by atoms with Crippen LogP contribution in [0.25, 0.3) is 0 Å². The van der Waals surface area contributed by atoms with Gasteiger partial charge < -0.3 is 10.1 Å². The number of halogens is 1. The number of amides is 1. The molecule has 1 N–H and O–H groups in total. The van der Waals surface area contributed by atoms with Crippen molar-refractivity contribution >= 4 is 11.6 Å². The monoisotopic (exact) mass is 429 g/mol. The summed E-state index contributed by atoms with van der Waals surface area (Å²) in [5, 5.41) is 7.55. The average molecular weight is 429 g/mol. The summed E-state index contributed by atoms with van der Waals surface area (Å²) in [5.41, 5.74) is 3.90. The number of hydrogen-bond donors (Lipinski definition) is 1. The molecule has 0 unspecified atom stereocenters. The Kier molecular flexibility index (Phi) is 6.31. The van der Waals surface area contributed by atoms with Gasteiger partial charge in [0, 0.05) is 6.07 Å². The van der Waals surface area contributed by atoms with Crippen molar-refractivity contribution in [1.29, 1.82) is 0 Å². The highest BCUT2D eigenvalue weighted by atomic mass is 19.1. The van der Waals surface area contributed by atoms with E-state index < -0.39 is 5.92 Å². The lowest BCUT2D eigenvalue weighted by atomic mass is 9.90. The van der Waals surface area contributed by atoms with Crippen LogP contribution in [-0.2, 0) is 11.5 Å². The van der Waals surface area contributed by atoms with Crippen molar-refractivity contribution in [3.8, 4) is 5.75 Å². The molecule has 6 heteroatoms. The second-order valence-electron chi connectivity index (χ2n) is 7.52. The molecule has 0 aliphatic heterocycles. The van der Waals surface area contributed by atoms with E-state index in [9.17, 15) is 9.18 Å². The van der Waals surface area contributed by atoms with Crippen molar-refractivity contribution in [2.24, 2.45) is 0 Å². The van der Waals surface area contributed by atoms with Gasteiger partial charge in [0.25, 0.3) is 0 Å². The molecule has 4 rings (SSSR count). The van der Waals surface area contributed by atoms with Gasteiger partial charge in [-0.2, -0.15) is 5.10 Å². The van der Waals surface area contributed by atoms with E-state index in [0.717, 1.165) is 16.8 Å². The molecule has 5 nitrogen and oxygen atoms in total. The van der Waals surface area contributed by atoms with Gasteiger partial charge in [-0.05, 0) is 37.1 Å². The van der Waals surface area contributed by atoms with Gasteiger partial charge in [-0.3, -0.25) is 4.79 Å². The largest absolute Gasteiger partial charge is 0.471 e. The molecule has 3 aromatic carbocycles. The van der Waals surface area contributed by atoms with Gasteiger partial charge >= 0.3 is 0 Å². The quantitative estimate of drug-likeness (QED) is 0.425. The molecule has 0 aliphatic carbocycles. The van der Waals surface area contributed by atoms with Crippen molar-refractivity contribution < 1.29 is 13.9 Å². The topological polar surface area (TPSA) is 56.1 Å². The van der Waals surface area contributed by atoms with Crippen LogP contribution in [0.3, 0.4) is 0 Å². The maximum Gasteiger partial charge on any atom is 0.236 e. The molecule has 0 aliphatic rings. The lowest BCUT2D eigenvalue weighted by Crippen LogP contribution is -2.23. The molecule has 0 saturated carbocycles. The van der Waals surface area contributed by atoms with Gasteiger partial charge in [-0.15, -0.1) is 0 Å². The lowest BCUT2D eigenvalue weighted by Gasteiger charge is -2.18. The first kappa shape index (κ1) is 21.3. The Hall–Kier alpha value is -3.93. The minimum Gasteiger partial charge on any atom is -0.471 e. The number of carbonyl (C=O) groups excluding carboxylic acids is 1. The Morgan fingerprint density at radius 1 is 0.969 bits per heavy atom. The third kappa shape index (κ3) is 4.70. The molecule has 0 bridgehead atoms. The second-order valence-corrected chi connectivity index (χ2v) is 7.52. The first-order valence-corrected chi connectivity index (χ1v) is 10.4. The van der Waals surface area contributed by atoms with Crippen molar-refractivity contribution in [2.75, 3.05) is 5.32 Å². The number of ether oxygens (including phenoxy) is 1. The summed E-state index contributed by atoms with van der Waals surface area (Å²) in [7, 11) is 0. The number of nitrogens with one attached hydrogen (secondary N) is 1. The summed E-state index contributed by atoms with van der Waals surface area (Å²) in [4.78, 5) is 13.4. The van der Waals surface area contributed by atoms with Crippen molar-refractivity contribution in [2.45, 2.75) is 26.5 Å². The Morgan fingerprint density at radius 3 is 2.19 bits per heavy atom. The summed E-state index contributed by atoms with van der Waals surface area (Å²) in [6, 6.07) is 25.3. The summed E-state index contributed by atoms with van der Waals surface area (Å²) in [6.07, 6.45) is 0. The fourth-order valence-electron chi connectivity index (χ4n) is 3.68. The Labute approximate surface area is 186 Å². The van der Waals surface area contributed by atoms with E-state index in [2.05, 4.69) is 10.4 Å². The fourth-order valence-corrected chi connectivity index (χ4v) is 3.68. The number of carbonyl (C=O) groups is 1. The average Bonchev–Trinajstić information content (AvgIpc) is 3.07. The second kappa shape index (κ2) is 9.47. The van der Waals surface area contributed by atoms with E-state index in [-0.39, 0.29) is 18.5 Å². The molecule has 1 heterocycles. The van der Waals surface area contributed by atoms with E-state index in [0.29, 0.717) is 17.1 Å². The molecule has 0 fully saturated rings. The van der Waals surface area contributed by atoms with Crippen LogP contribution in [0.2, 0.25) is 0 Å². The number of benzene rings is 3. The van der Waals surface area contributed by atoms with E-state index in [4.69, 9.17) is 4.74 Å². The van der Waals surface area contributed by atoms with Crippen LogP contribution in [0.4, 0.5) is 10.1 Å². The smallest absolute Gasteiger partial charge is 0.236 e. The SMILES string of the molecule is Cc1nn(COc2cccc(F)c2)c(C)c1NC(=O)C(c1ccccc1)c1ccccc1. The summed E-state index contributed by atoms with van der Waals surface area (Å²) in [5.74, 6) is -0.546. The zero-order valence-corrected chi connectivity index (χ0v) is 18.0. The number of rotatable bonds is 7. The molecule has 0 spiro atoms. The van der Waals surface area contributed by atoms with Gasteiger partial charge in [0.15, 0.2) is 6.73 Å². The maximum absolute atomic E-state index is 13.4. The first-order chi connectivity index (χ1) is 15.5. The number of aryl methyl sites for hydroxylation is 1. The van der Waals surface area contributed by atoms with E-state index in [1.165, 1.54) is 12.1 Å². The molecule has 1 amide bonds. The molecule has 162 valence electrons. The molecular formula is C26H24FN3O2. The third-order valence-corrected chi connectivity index (χ3v) is 5.31. The zero-order valence-electron chi connectivity index (χ0n) is 18.0. The molecule has 0 atom stereocenters. The summed E-state index contributed by atoms with van der Waals surface area (Å²) < 4.78 is 20.7. The highest BCUT2D eigenvalue weighted by Gasteiger charge is 2.25. The van der Waals surface area contributed by atoms with Crippen LogP contribution in [-0.4, -0.2) is 15.7 Å². The minimum absolute atomic E-state index is 0.104. The molecule has 4 aromatic rings. The van der Waals surface area contributed by atoms with E-state index in [1.807, 2.05) is 74.5 Å². The number of hydrogen-bond acceptors (Lipinski definition) is 3. The van der Waals surface area contributed by atoms with Gasteiger partial charge in [0.05, 0.1) is 23.0 Å². The standard InChI is InChI=1S/C26H24FN3O2/c1-18-25(19(2)30(29-18)17-32-23-15-9-14-22(27)16-23)28-26(31)24(20-10-5-3-6-11-20)21-12-7-4-8-13-21/h3-16,24H,17H2,1-2H3,(H,28,31). The summed E-state index contributed by atoms with van der Waals surface area (Å²) in [6.45, 7) is 3.80. The third-order valence-electron chi connectivity index (χ3n) is 5.31. The zero-order chi connectivity index (χ0) is 22.5. The van der Waals surface area contributed by atoms with Gasteiger partial charge in [-0.25, -0.2) is 9.07 Å². The highest BCUT2D eigenvalue weighted by Crippen LogP contribution is 2.28. The minimum atomic E-state index is -0.455. The molecule has 1 aromatic heterocycles. The van der Waals surface area contributed by atoms with Gasteiger partial charge in [-0.1, -0.05) is 66.7 Å². The van der Waals surface area contributed by atoms with E-state index in [1.54, 1.807) is 16.8 Å². The Bertz CT molecular complexity index is 1170. The molecule has 0 saturated heterocycles. The Morgan fingerprint density at radius 2 is 1.59 bits per heavy atom. The van der Waals surface area contributed by atoms with Crippen LogP contribution in [0.5, 0.6) is 5.75 Å². The number of nitrogens with zero attached hydrogens (tertiary/aromatic N) is 2. The summed E-state index contributed by atoms with van der Waals surface area (Å²) >= 11 is 0. The lowest BCUT2D eigenvalue weighted by molar-refractivity contribution is -0.116. The van der Waals surface area contributed by atoms with Crippen molar-refractivity contribution in [3.05, 3.63) is 113 Å². The van der Waals surface area contributed by atoms with Crippen LogP contribution in [0.1, 0.15) is 28.4 Å². The molecular weight excluding hydrogens is 405 g/mol. The Balaban J connectivity index is 1.56. The predicted molar refractivity (Wildman–Crippen MR) is 122 cm³/mol.